The van der Waals surface area contributed by atoms with Crippen molar-refractivity contribution in [2.45, 2.75) is 38.3 Å². The first kappa shape index (κ1) is 15.4. The third-order valence-electron chi connectivity index (χ3n) is 3.59. The number of ether oxygens (including phenoxy) is 1. The van der Waals surface area contributed by atoms with Crippen LogP contribution in [0.3, 0.4) is 0 Å². The van der Waals surface area contributed by atoms with Crippen molar-refractivity contribution in [3.8, 4) is 0 Å². The number of carbonyl (C=O) groups excluding carboxylic acids is 1. The molecule has 2 atom stereocenters. The lowest BCUT2D eigenvalue weighted by molar-refractivity contribution is -0.127. The van der Waals surface area contributed by atoms with Gasteiger partial charge in [-0.3, -0.25) is 9.69 Å². The standard InChI is InChI=1S/C13H27N3O2/c1-11(13(17)15-7-9-18-3)16-8-5-4-6-12(16)10-14-2/h11-12,14H,4-10H2,1-3H3,(H,15,17). The zero-order chi connectivity index (χ0) is 13.4. The number of methoxy groups -OCH3 is 1. The van der Waals surface area contributed by atoms with Gasteiger partial charge in [-0.15, -0.1) is 0 Å². The van der Waals surface area contributed by atoms with Crippen molar-refractivity contribution in [2.24, 2.45) is 0 Å². The highest BCUT2D eigenvalue weighted by atomic mass is 16.5. The molecule has 2 unspecified atom stereocenters. The Bertz CT molecular complexity index is 246. The van der Waals surface area contributed by atoms with Crippen molar-refractivity contribution >= 4 is 5.91 Å². The summed E-state index contributed by atoms with van der Waals surface area (Å²) in [6, 6.07) is 0.424. The van der Waals surface area contributed by atoms with Crippen LogP contribution in [0.1, 0.15) is 26.2 Å². The topological polar surface area (TPSA) is 53.6 Å². The molecule has 0 saturated carbocycles. The molecule has 1 aliphatic rings. The van der Waals surface area contributed by atoms with Crippen molar-refractivity contribution < 1.29 is 9.53 Å². The van der Waals surface area contributed by atoms with Gasteiger partial charge in [0.2, 0.25) is 5.91 Å². The zero-order valence-electron chi connectivity index (χ0n) is 11.9. The van der Waals surface area contributed by atoms with Crippen LogP contribution in [-0.2, 0) is 9.53 Å². The second-order valence-electron chi connectivity index (χ2n) is 4.90. The Hall–Kier alpha value is -0.650. The van der Waals surface area contributed by atoms with E-state index in [0.717, 1.165) is 13.1 Å². The van der Waals surface area contributed by atoms with Crippen LogP contribution in [0.4, 0.5) is 0 Å². The molecule has 1 fully saturated rings. The minimum Gasteiger partial charge on any atom is -0.383 e. The Morgan fingerprint density at radius 3 is 2.94 bits per heavy atom. The smallest absolute Gasteiger partial charge is 0.237 e. The van der Waals surface area contributed by atoms with Gasteiger partial charge in [-0.25, -0.2) is 0 Å². The fraction of sp³-hybridized carbons (Fsp3) is 0.923. The molecule has 1 amide bonds. The van der Waals surface area contributed by atoms with Gasteiger partial charge in [0, 0.05) is 26.2 Å². The van der Waals surface area contributed by atoms with Gasteiger partial charge in [0.05, 0.1) is 12.6 Å². The first-order valence-corrected chi connectivity index (χ1v) is 6.87. The Kier molecular flexibility index (Phi) is 7.23. The van der Waals surface area contributed by atoms with Crippen molar-refractivity contribution in [1.82, 2.24) is 15.5 Å². The van der Waals surface area contributed by atoms with E-state index in [9.17, 15) is 4.79 Å². The summed E-state index contributed by atoms with van der Waals surface area (Å²) in [6.07, 6.45) is 3.63. The molecule has 5 nitrogen and oxygen atoms in total. The van der Waals surface area contributed by atoms with Gasteiger partial charge in [0.25, 0.3) is 0 Å². The number of piperidine rings is 1. The molecule has 0 aliphatic carbocycles. The third kappa shape index (κ3) is 4.55. The number of rotatable bonds is 7. The SMILES string of the molecule is CNCC1CCCCN1C(C)C(=O)NCCOC. The van der Waals surface area contributed by atoms with E-state index in [1.807, 2.05) is 14.0 Å². The van der Waals surface area contributed by atoms with E-state index < -0.39 is 0 Å². The highest BCUT2D eigenvalue weighted by Gasteiger charge is 2.29. The molecule has 1 heterocycles. The van der Waals surface area contributed by atoms with Gasteiger partial charge < -0.3 is 15.4 Å². The average Bonchev–Trinajstić information content (AvgIpc) is 2.39. The number of hydrogen-bond acceptors (Lipinski definition) is 4. The average molecular weight is 257 g/mol. The Labute approximate surface area is 110 Å². The number of amides is 1. The van der Waals surface area contributed by atoms with Gasteiger partial charge in [0.1, 0.15) is 0 Å². The second kappa shape index (κ2) is 8.45. The molecule has 0 spiro atoms. The summed E-state index contributed by atoms with van der Waals surface area (Å²) < 4.78 is 4.94. The predicted molar refractivity (Wildman–Crippen MR) is 72.6 cm³/mol. The van der Waals surface area contributed by atoms with Crippen LogP contribution in [0.15, 0.2) is 0 Å². The Morgan fingerprint density at radius 2 is 2.28 bits per heavy atom. The maximum absolute atomic E-state index is 12.0. The van der Waals surface area contributed by atoms with Gasteiger partial charge in [-0.1, -0.05) is 6.42 Å². The number of likely N-dealkylation sites (tertiary alicyclic amines) is 1. The summed E-state index contributed by atoms with van der Waals surface area (Å²) in [5.41, 5.74) is 0. The first-order chi connectivity index (χ1) is 8.70. The fourth-order valence-corrected chi connectivity index (χ4v) is 2.56. The highest BCUT2D eigenvalue weighted by Crippen LogP contribution is 2.19. The molecular weight excluding hydrogens is 230 g/mol. The van der Waals surface area contributed by atoms with E-state index in [4.69, 9.17) is 4.74 Å². The van der Waals surface area contributed by atoms with E-state index in [1.54, 1.807) is 7.11 Å². The summed E-state index contributed by atoms with van der Waals surface area (Å²) in [7, 11) is 3.61. The number of carbonyl (C=O) groups is 1. The van der Waals surface area contributed by atoms with E-state index in [0.29, 0.717) is 19.2 Å². The Morgan fingerprint density at radius 1 is 1.50 bits per heavy atom. The maximum atomic E-state index is 12.0. The van der Waals surface area contributed by atoms with Gasteiger partial charge in [-0.05, 0) is 33.4 Å². The third-order valence-corrected chi connectivity index (χ3v) is 3.59. The predicted octanol–water partition coefficient (Wildman–Crippen LogP) is 0.211. The summed E-state index contributed by atoms with van der Waals surface area (Å²) in [5.74, 6) is 0.107. The molecule has 1 rings (SSSR count). The fourth-order valence-electron chi connectivity index (χ4n) is 2.56. The lowest BCUT2D eigenvalue weighted by atomic mass is 9.99. The summed E-state index contributed by atoms with van der Waals surface area (Å²) in [4.78, 5) is 14.4. The van der Waals surface area contributed by atoms with Crippen LogP contribution in [-0.4, -0.2) is 63.3 Å². The van der Waals surface area contributed by atoms with Gasteiger partial charge in [0.15, 0.2) is 0 Å². The van der Waals surface area contributed by atoms with Crippen molar-refractivity contribution in [3.63, 3.8) is 0 Å². The number of likely N-dealkylation sites (N-methyl/N-ethyl adjacent to an activating group) is 1. The molecule has 0 aromatic rings. The summed E-state index contributed by atoms with van der Waals surface area (Å²) in [5, 5.41) is 6.14. The number of nitrogens with one attached hydrogen (secondary N) is 2. The molecule has 0 aromatic heterocycles. The lowest BCUT2D eigenvalue weighted by Gasteiger charge is -2.39. The van der Waals surface area contributed by atoms with Crippen LogP contribution in [0.25, 0.3) is 0 Å². The molecule has 18 heavy (non-hydrogen) atoms. The largest absolute Gasteiger partial charge is 0.383 e. The molecule has 1 aliphatic heterocycles. The molecule has 5 heteroatoms. The monoisotopic (exact) mass is 257 g/mol. The van der Waals surface area contributed by atoms with Crippen LogP contribution < -0.4 is 10.6 Å². The van der Waals surface area contributed by atoms with Crippen LogP contribution in [0.5, 0.6) is 0 Å². The summed E-state index contributed by atoms with van der Waals surface area (Å²) >= 11 is 0. The minimum atomic E-state index is -0.0551. The van der Waals surface area contributed by atoms with Crippen LogP contribution in [0, 0.1) is 0 Å². The lowest BCUT2D eigenvalue weighted by Crippen LogP contribution is -2.54. The molecule has 0 radical (unpaired) electrons. The Balaban J connectivity index is 2.45. The van der Waals surface area contributed by atoms with Gasteiger partial charge >= 0.3 is 0 Å². The first-order valence-electron chi connectivity index (χ1n) is 6.87. The van der Waals surface area contributed by atoms with Crippen molar-refractivity contribution in [1.29, 1.82) is 0 Å². The highest BCUT2D eigenvalue weighted by molar-refractivity contribution is 5.81. The molecule has 0 aromatic carbocycles. The molecule has 0 bridgehead atoms. The molecule has 106 valence electrons. The van der Waals surface area contributed by atoms with Crippen LogP contribution >= 0.6 is 0 Å². The summed E-state index contributed by atoms with van der Waals surface area (Å²) in [6.45, 7) is 5.12. The van der Waals surface area contributed by atoms with Gasteiger partial charge in [-0.2, -0.15) is 0 Å². The van der Waals surface area contributed by atoms with Crippen molar-refractivity contribution in [3.05, 3.63) is 0 Å². The van der Waals surface area contributed by atoms with E-state index in [-0.39, 0.29) is 11.9 Å². The van der Waals surface area contributed by atoms with Crippen LogP contribution in [0.2, 0.25) is 0 Å². The molecule has 2 N–H and O–H groups in total. The quantitative estimate of drug-likeness (QED) is 0.640. The van der Waals surface area contributed by atoms with E-state index in [1.165, 1.54) is 19.3 Å². The number of nitrogens with zero attached hydrogens (tertiary/aromatic N) is 1. The molecular formula is C13H27N3O2. The maximum Gasteiger partial charge on any atom is 0.237 e. The minimum absolute atomic E-state index is 0.0551. The van der Waals surface area contributed by atoms with Crippen molar-refractivity contribution in [2.75, 3.05) is 40.4 Å². The number of hydrogen-bond donors (Lipinski definition) is 2. The molecule has 1 saturated heterocycles. The van der Waals surface area contributed by atoms with E-state index >= 15 is 0 Å². The van der Waals surface area contributed by atoms with E-state index in [2.05, 4.69) is 15.5 Å². The zero-order valence-corrected chi connectivity index (χ0v) is 11.9. The second-order valence-corrected chi connectivity index (χ2v) is 4.90. The normalized spacial score (nSPS) is 22.7.